The first-order valence-corrected chi connectivity index (χ1v) is 12.5. The number of aromatic nitrogens is 2. The van der Waals surface area contributed by atoms with Gasteiger partial charge in [0.2, 0.25) is 10.0 Å². The van der Waals surface area contributed by atoms with Crippen molar-refractivity contribution in [1.29, 1.82) is 0 Å². The van der Waals surface area contributed by atoms with E-state index in [1.807, 2.05) is 6.07 Å². The van der Waals surface area contributed by atoms with Crippen molar-refractivity contribution < 1.29 is 22.0 Å². The summed E-state index contributed by atoms with van der Waals surface area (Å²) in [5.41, 5.74) is 2.05. The number of carbonyl (C=O) groups is 1. The average molecular weight is 491 g/mol. The molecular weight excluding hydrogens is 462 g/mol. The highest BCUT2D eigenvalue weighted by Gasteiger charge is 2.21. The molecule has 0 saturated carbocycles. The first kappa shape index (κ1) is 25.5. The van der Waals surface area contributed by atoms with E-state index in [9.17, 15) is 22.0 Å². The van der Waals surface area contributed by atoms with Crippen molar-refractivity contribution >= 4 is 15.9 Å². The van der Waals surface area contributed by atoms with E-state index >= 15 is 0 Å². The number of aryl methyl sites for hydroxylation is 1. The second kappa shape index (κ2) is 11.3. The maximum atomic E-state index is 14.2. The van der Waals surface area contributed by atoms with Crippen LogP contribution < -0.4 is 4.72 Å². The fourth-order valence-corrected chi connectivity index (χ4v) is 4.61. The van der Waals surface area contributed by atoms with Crippen LogP contribution in [0, 0.1) is 11.6 Å². The molecule has 0 atom stereocenters. The van der Waals surface area contributed by atoms with E-state index in [0.29, 0.717) is 24.2 Å². The highest BCUT2D eigenvalue weighted by atomic mass is 32.2. The average Bonchev–Trinajstić information content (AvgIpc) is 3.27. The SMILES string of the molecule is CCNS(=O)(=O)c1ccc(F)c(C(=O)N(C)CCCCCc2cc(-c3cccc(F)c3)n[nH]2)c1. The molecule has 3 rings (SSSR count). The maximum Gasteiger partial charge on any atom is 0.256 e. The molecule has 0 radical (unpaired) electrons. The Balaban J connectivity index is 1.49. The van der Waals surface area contributed by atoms with Gasteiger partial charge in [0.05, 0.1) is 16.2 Å². The van der Waals surface area contributed by atoms with Gasteiger partial charge in [-0.25, -0.2) is 21.9 Å². The fraction of sp³-hybridized carbons (Fsp3) is 0.333. The normalized spacial score (nSPS) is 11.5. The van der Waals surface area contributed by atoms with Gasteiger partial charge < -0.3 is 4.90 Å². The predicted molar refractivity (Wildman–Crippen MR) is 126 cm³/mol. The molecule has 0 aliphatic rings. The lowest BCUT2D eigenvalue weighted by Crippen LogP contribution is -2.29. The topological polar surface area (TPSA) is 95.2 Å². The zero-order valence-electron chi connectivity index (χ0n) is 19.1. The fourth-order valence-electron chi connectivity index (χ4n) is 3.54. The molecule has 0 aliphatic heterocycles. The third kappa shape index (κ3) is 6.48. The predicted octanol–water partition coefficient (Wildman–Crippen LogP) is 4.14. The number of nitrogens with one attached hydrogen (secondary N) is 2. The molecule has 0 unspecified atom stereocenters. The number of hydrogen-bond donors (Lipinski definition) is 2. The van der Waals surface area contributed by atoms with E-state index in [2.05, 4.69) is 14.9 Å². The number of carbonyl (C=O) groups excluding carboxylic acids is 1. The van der Waals surface area contributed by atoms with Crippen molar-refractivity contribution in [2.45, 2.75) is 37.5 Å². The third-order valence-electron chi connectivity index (χ3n) is 5.35. The molecule has 1 heterocycles. The van der Waals surface area contributed by atoms with Crippen molar-refractivity contribution in [3.05, 3.63) is 71.4 Å². The van der Waals surface area contributed by atoms with Gasteiger partial charge in [-0.1, -0.05) is 25.5 Å². The highest BCUT2D eigenvalue weighted by Crippen LogP contribution is 2.20. The van der Waals surface area contributed by atoms with Crippen LogP contribution in [0.15, 0.2) is 53.4 Å². The third-order valence-corrected chi connectivity index (χ3v) is 6.89. The summed E-state index contributed by atoms with van der Waals surface area (Å²) in [6.45, 7) is 2.23. The van der Waals surface area contributed by atoms with E-state index in [0.717, 1.165) is 43.2 Å². The number of halogens is 2. The Kier molecular flexibility index (Phi) is 8.51. The van der Waals surface area contributed by atoms with E-state index in [1.165, 1.54) is 17.0 Å². The minimum atomic E-state index is -3.79. The van der Waals surface area contributed by atoms with Crippen LogP contribution in [-0.2, 0) is 16.4 Å². The smallest absolute Gasteiger partial charge is 0.256 e. The van der Waals surface area contributed by atoms with Gasteiger partial charge in [-0.2, -0.15) is 5.10 Å². The number of sulfonamides is 1. The highest BCUT2D eigenvalue weighted by molar-refractivity contribution is 7.89. The zero-order chi connectivity index (χ0) is 24.7. The molecule has 0 aliphatic carbocycles. The standard InChI is InChI=1S/C24H28F2N4O3S/c1-3-27-34(32,33)20-11-12-22(26)21(16-20)24(31)30(2)13-6-4-5-10-19-15-23(29-28-19)17-8-7-9-18(25)14-17/h7-9,11-12,14-16,27H,3-6,10,13H2,1-2H3,(H,28,29). The van der Waals surface area contributed by atoms with Crippen LogP contribution >= 0.6 is 0 Å². The van der Waals surface area contributed by atoms with Gasteiger partial charge >= 0.3 is 0 Å². The molecule has 0 saturated heterocycles. The summed E-state index contributed by atoms with van der Waals surface area (Å²) < 4.78 is 54.3. The minimum Gasteiger partial charge on any atom is -0.342 e. The number of H-pyrrole nitrogens is 1. The number of amides is 1. The largest absolute Gasteiger partial charge is 0.342 e. The van der Waals surface area contributed by atoms with Crippen molar-refractivity contribution in [2.75, 3.05) is 20.1 Å². The molecule has 182 valence electrons. The Morgan fingerprint density at radius 3 is 2.62 bits per heavy atom. The lowest BCUT2D eigenvalue weighted by atomic mass is 10.1. The lowest BCUT2D eigenvalue weighted by molar-refractivity contribution is 0.0787. The summed E-state index contributed by atoms with van der Waals surface area (Å²) >= 11 is 0. The van der Waals surface area contributed by atoms with Crippen LogP contribution in [0.3, 0.4) is 0 Å². The summed E-state index contributed by atoms with van der Waals surface area (Å²) in [7, 11) is -2.23. The number of aromatic amines is 1. The number of unbranched alkanes of at least 4 members (excludes halogenated alkanes) is 2. The lowest BCUT2D eigenvalue weighted by Gasteiger charge is -2.18. The molecule has 10 heteroatoms. The molecule has 0 bridgehead atoms. The Bertz CT molecular complexity index is 1240. The van der Waals surface area contributed by atoms with Crippen LogP contribution in [0.1, 0.15) is 42.2 Å². The summed E-state index contributed by atoms with van der Waals surface area (Å²) in [4.78, 5) is 13.9. The monoisotopic (exact) mass is 490 g/mol. The molecule has 7 nitrogen and oxygen atoms in total. The second-order valence-corrected chi connectivity index (χ2v) is 9.74. The molecule has 2 N–H and O–H groups in total. The van der Waals surface area contributed by atoms with E-state index in [4.69, 9.17) is 0 Å². The Morgan fingerprint density at radius 1 is 1.09 bits per heavy atom. The zero-order valence-corrected chi connectivity index (χ0v) is 20.0. The Hall–Kier alpha value is -3.11. The Morgan fingerprint density at radius 2 is 1.88 bits per heavy atom. The molecule has 0 fully saturated rings. The van der Waals surface area contributed by atoms with Crippen LogP contribution in [0.4, 0.5) is 8.78 Å². The van der Waals surface area contributed by atoms with E-state index in [1.54, 1.807) is 26.1 Å². The molecule has 2 aromatic carbocycles. The summed E-state index contributed by atoms with van der Waals surface area (Å²) in [5.74, 6) is -1.65. The molecule has 3 aromatic rings. The quantitative estimate of drug-likeness (QED) is 0.395. The molecule has 34 heavy (non-hydrogen) atoms. The summed E-state index contributed by atoms with van der Waals surface area (Å²) in [5, 5.41) is 7.19. The van der Waals surface area contributed by atoms with Gasteiger partial charge in [0.25, 0.3) is 5.91 Å². The summed E-state index contributed by atoms with van der Waals surface area (Å²) in [6, 6.07) is 11.3. The number of benzene rings is 2. The molecule has 1 amide bonds. The van der Waals surface area contributed by atoms with Gasteiger partial charge in [0.15, 0.2) is 0 Å². The number of rotatable bonds is 11. The van der Waals surface area contributed by atoms with Crippen LogP contribution in [0.5, 0.6) is 0 Å². The van der Waals surface area contributed by atoms with Crippen molar-refractivity contribution in [3.8, 4) is 11.3 Å². The molecular formula is C24H28F2N4O3S. The van der Waals surface area contributed by atoms with Gasteiger partial charge in [-0.05, 0) is 55.7 Å². The molecule has 1 aromatic heterocycles. The first-order valence-electron chi connectivity index (χ1n) is 11.1. The van der Waals surface area contributed by atoms with Crippen LogP contribution in [-0.4, -0.2) is 49.6 Å². The van der Waals surface area contributed by atoms with Gasteiger partial charge in [0, 0.05) is 31.4 Å². The van der Waals surface area contributed by atoms with Gasteiger partial charge in [0.1, 0.15) is 11.6 Å². The van der Waals surface area contributed by atoms with Crippen molar-refractivity contribution in [3.63, 3.8) is 0 Å². The second-order valence-electron chi connectivity index (χ2n) is 7.97. The van der Waals surface area contributed by atoms with E-state index in [-0.39, 0.29) is 22.8 Å². The maximum absolute atomic E-state index is 14.2. The first-order chi connectivity index (χ1) is 16.2. The number of hydrogen-bond acceptors (Lipinski definition) is 4. The van der Waals surface area contributed by atoms with Crippen molar-refractivity contribution in [1.82, 2.24) is 19.8 Å². The van der Waals surface area contributed by atoms with E-state index < -0.39 is 21.7 Å². The summed E-state index contributed by atoms with van der Waals surface area (Å²) in [6.07, 6.45) is 3.11. The molecule has 0 spiro atoms. The van der Waals surface area contributed by atoms with Gasteiger partial charge in [-0.3, -0.25) is 9.89 Å². The van der Waals surface area contributed by atoms with Crippen LogP contribution in [0.25, 0.3) is 11.3 Å². The Labute approximate surface area is 198 Å². The van der Waals surface area contributed by atoms with Crippen LogP contribution in [0.2, 0.25) is 0 Å². The van der Waals surface area contributed by atoms with Gasteiger partial charge in [-0.15, -0.1) is 0 Å². The number of nitrogens with zero attached hydrogens (tertiary/aromatic N) is 2. The van der Waals surface area contributed by atoms with Crippen molar-refractivity contribution in [2.24, 2.45) is 0 Å². The minimum absolute atomic E-state index is 0.148.